The molecule has 0 bridgehead atoms. The smallest absolute Gasteiger partial charge is 0.242 e. The SMILES string of the molecule is COc1cc(NS(=O)(=O)CBr)c(OC)cc1Cl. The Kier molecular flexibility index (Phi) is 4.91. The molecule has 0 unspecified atom stereocenters. The van der Waals surface area contributed by atoms with Crippen molar-refractivity contribution in [3.63, 3.8) is 0 Å². The number of alkyl halides is 1. The van der Waals surface area contributed by atoms with Crippen molar-refractivity contribution in [2.75, 3.05) is 23.6 Å². The molecule has 0 aliphatic rings. The molecule has 0 saturated carbocycles. The molecule has 0 amide bonds. The van der Waals surface area contributed by atoms with Crippen molar-refractivity contribution in [2.24, 2.45) is 0 Å². The van der Waals surface area contributed by atoms with Crippen LogP contribution in [0.1, 0.15) is 0 Å². The molecule has 5 nitrogen and oxygen atoms in total. The van der Waals surface area contributed by atoms with Crippen molar-refractivity contribution in [3.8, 4) is 11.5 Å². The highest BCUT2D eigenvalue weighted by molar-refractivity contribution is 9.10. The first-order valence-electron chi connectivity index (χ1n) is 4.41. The van der Waals surface area contributed by atoms with E-state index in [4.69, 9.17) is 21.1 Å². The van der Waals surface area contributed by atoms with Crippen molar-refractivity contribution in [3.05, 3.63) is 17.2 Å². The predicted molar refractivity (Wildman–Crippen MR) is 70.9 cm³/mol. The normalized spacial score (nSPS) is 11.1. The summed E-state index contributed by atoms with van der Waals surface area (Å²) in [6.07, 6.45) is 0. The van der Waals surface area contributed by atoms with Crippen LogP contribution in [0.2, 0.25) is 5.02 Å². The Morgan fingerprint density at radius 3 is 2.35 bits per heavy atom. The van der Waals surface area contributed by atoms with Crippen LogP contribution in [0.15, 0.2) is 12.1 Å². The minimum absolute atomic E-state index is 0.214. The van der Waals surface area contributed by atoms with E-state index in [9.17, 15) is 8.42 Å². The van der Waals surface area contributed by atoms with E-state index in [-0.39, 0.29) is 10.3 Å². The Hall–Kier alpha value is -0.660. The molecule has 0 spiro atoms. The number of sulfonamides is 1. The lowest BCUT2D eigenvalue weighted by molar-refractivity contribution is 0.405. The summed E-state index contributed by atoms with van der Waals surface area (Å²) in [5.74, 6) is 0.681. The van der Waals surface area contributed by atoms with Crippen LogP contribution in [-0.4, -0.2) is 27.3 Å². The monoisotopic (exact) mass is 343 g/mol. The summed E-state index contributed by atoms with van der Waals surface area (Å²) in [4.78, 5) is 0. The van der Waals surface area contributed by atoms with Gasteiger partial charge >= 0.3 is 0 Å². The van der Waals surface area contributed by atoms with E-state index in [1.807, 2.05) is 0 Å². The lowest BCUT2D eigenvalue weighted by Gasteiger charge is -2.13. The minimum Gasteiger partial charge on any atom is -0.495 e. The third-order valence-corrected chi connectivity index (χ3v) is 4.80. The van der Waals surface area contributed by atoms with Crippen molar-refractivity contribution in [2.45, 2.75) is 0 Å². The molecule has 0 aromatic heterocycles. The molecule has 96 valence electrons. The van der Waals surface area contributed by atoms with Gasteiger partial charge in [0, 0.05) is 12.1 Å². The maximum Gasteiger partial charge on any atom is 0.242 e. The van der Waals surface area contributed by atoms with Crippen LogP contribution in [0.5, 0.6) is 11.5 Å². The topological polar surface area (TPSA) is 64.6 Å². The van der Waals surface area contributed by atoms with Crippen LogP contribution in [0.3, 0.4) is 0 Å². The van der Waals surface area contributed by atoms with E-state index in [2.05, 4.69) is 20.7 Å². The Labute approximate surface area is 113 Å². The summed E-state index contributed by atoms with van der Waals surface area (Å²) >= 11 is 8.77. The molecule has 1 N–H and O–H groups in total. The molecule has 0 heterocycles. The number of halogens is 2. The van der Waals surface area contributed by atoms with Gasteiger partial charge in [-0.1, -0.05) is 27.5 Å². The van der Waals surface area contributed by atoms with Gasteiger partial charge < -0.3 is 9.47 Å². The molecule has 1 rings (SSSR count). The van der Waals surface area contributed by atoms with Gasteiger partial charge in [0.05, 0.1) is 24.9 Å². The summed E-state index contributed by atoms with van der Waals surface area (Å²) in [6, 6.07) is 2.94. The zero-order valence-electron chi connectivity index (χ0n) is 9.16. The zero-order chi connectivity index (χ0) is 13.1. The molecule has 8 heteroatoms. The number of anilines is 1. The second kappa shape index (κ2) is 5.79. The number of nitrogens with one attached hydrogen (secondary N) is 1. The number of rotatable bonds is 5. The highest BCUT2D eigenvalue weighted by Gasteiger charge is 2.15. The van der Waals surface area contributed by atoms with Gasteiger partial charge in [0.15, 0.2) is 0 Å². The van der Waals surface area contributed by atoms with Gasteiger partial charge in [-0.05, 0) is 0 Å². The third kappa shape index (κ3) is 3.65. The van der Waals surface area contributed by atoms with Crippen LogP contribution in [0.25, 0.3) is 0 Å². The number of benzene rings is 1. The summed E-state index contributed by atoms with van der Waals surface area (Å²) in [5.41, 5.74) is 0.271. The molecule has 0 aliphatic carbocycles. The number of hydrogen-bond donors (Lipinski definition) is 1. The first-order valence-corrected chi connectivity index (χ1v) is 7.56. The third-order valence-electron chi connectivity index (χ3n) is 1.88. The summed E-state index contributed by atoms with van der Waals surface area (Å²) < 4.78 is 35.0. The first kappa shape index (κ1) is 14.4. The van der Waals surface area contributed by atoms with Crippen LogP contribution < -0.4 is 14.2 Å². The van der Waals surface area contributed by atoms with Crippen LogP contribution >= 0.6 is 27.5 Å². The minimum atomic E-state index is -3.45. The fraction of sp³-hybridized carbons (Fsp3) is 0.333. The molecular weight excluding hydrogens is 334 g/mol. The molecule has 0 saturated heterocycles. The van der Waals surface area contributed by atoms with Crippen molar-refractivity contribution < 1.29 is 17.9 Å². The average Bonchev–Trinajstić information content (AvgIpc) is 2.30. The van der Waals surface area contributed by atoms with Gasteiger partial charge in [-0.2, -0.15) is 0 Å². The van der Waals surface area contributed by atoms with Gasteiger partial charge in [0.2, 0.25) is 10.0 Å². The number of ether oxygens (including phenoxy) is 2. The van der Waals surface area contributed by atoms with Crippen molar-refractivity contribution in [1.29, 1.82) is 0 Å². The van der Waals surface area contributed by atoms with E-state index in [0.717, 1.165) is 0 Å². The fourth-order valence-electron chi connectivity index (χ4n) is 1.14. The van der Waals surface area contributed by atoms with Gasteiger partial charge in [-0.15, -0.1) is 0 Å². The van der Waals surface area contributed by atoms with Gasteiger partial charge in [-0.3, -0.25) is 4.72 Å². The average molecular weight is 345 g/mol. The Balaban J connectivity index is 3.22. The largest absolute Gasteiger partial charge is 0.495 e. The van der Waals surface area contributed by atoms with Gasteiger partial charge in [0.25, 0.3) is 0 Å². The standard InChI is InChI=1S/C9H11BrClNO4S/c1-15-8-4-7(12-17(13,14)5-10)9(16-2)3-6(8)11/h3-4,12H,5H2,1-2H3. The van der Waals surface area contributed by atoms with E-state index in [0.29, 0.717) is 16.5 Å². The Morgan fingerprint density at radius 2 is 1.88 bits per heavy atom. The van der Waals surface area contributed by atoms with Crippen LogP contribution in [-0.2, 0) is 10.0 Å². The molecule has 17 heavy (non-hydrogen) atoms. The van der Waals surface area contributed by atoms with Crippen LogP contribution in [0.4, 0.5) is 5.69 Å². The molecular formula is C9H11BrClNO4S. The predicted octanol–water partition coefficient (Wildman–Crippen LogP) is 2.45. The molecule has 1 aromatic carbocycles. The highest BCUT2D eigenvalue weighted by Crippen LogP contribution is 2.36. The highest BCUT2D eigenvalue weighted by atomic mass is 79.9. The van der Waals surface area contributed by atoms with E-state index in [1.54, 1.807) is 0 Å². The second-order valence-electron chi connectivity index (χ2n) is 3.01. The molecule has 0 aliphatic heterocycles. The van der Waals surface area contributed by atoms with Crippen molar-refractivity contribution in [1.82, 2.24) is 0 Å². The van der Waals surface area contributed by atoms with Gasteiger partial charge in [0.1, 0.15) is 16.2 Å². The second-order valence-corrected chi connectivity index (χ2v) is 6.45. The van der Waals surface area contributed by atoms with E-state index < -0.39 is 10.0 Å². The summed E-state index contributed by atoms with van der Waals surface area (Å²) in [6.45, 7) is 0. The number of methoxy groups -OCH3 is 2. The molecule has 0 fully saturated rings. The number of hydrogen-bond acceptors (Lipinski definition) is 4. The first-order chi connectivity index (χ1) is 7.93. The van der Waals surface area contributed by atoms with E-state index >= 15 is 0 Å². The maximum absolute atomic E-state index is 11.4. The summed E-state index contributed by atoms with van der Waals surface area (Å²) in [7, 11) is -0.593. The zero-order valence-corrected chi connectivity index (χ0v) is 12.3. The quantitative estimate of drug-likeness (QED) is 0.833. The van der Waals surface area contributed by atoms with Gasteiger partial charge in [-0.25, -0.2) is 8.42 Å². The Bertz CT molecular complexity index is 506. The maximum atomic E-state index is 11.4. The Morgan fingerprint density at radius 1 is 1.29 bits per heavy atom. The molecule has 0 atom stereocenters. The lowest BCUT2D eigenvalue weighted by Crippen LogP contribution is -2.14. The van der Waals surface area contributed by atoms with Crippen molar-refractivity contribution >= 4 is 43.2 Å². The molecule has 0 radical (unpaired) electrons. The van der Waals surface area contributed by atoms with Crippen LogP contribution in [0, 0.1) is 0 Å². The van der Waals surface area contributed by atoms with E-state index in [1.165, 1.54) is 26.4 Å². The molecule has 1 aromatic rings. The summed E-state index contributed by atoms with van der Waals surface area (Å²) in [5, 5.41) is 0.339. The fourth-order valence-corrected chi connectivity index (χ4v) is 2.26. The lowest BCUT2D eigenvalue weighted by atomic mass is 10.3.